The van der Waals surface area contributed by atoms with Crippen LogP contribution in [0.25, 0.3) is 0 Å². The molecule has 0 radical (unpaired) electrons. The number of anilines is 1. The van der Waals surface area contributed by atoms with Crippen LogP contribution in [0.1, 0.15) is 19.8 Å². The van der Waals surface area contributed by atoms with Crippen LogP contribution >= 0.6 is 0 Å². The van der Waals surface area contributed by atoms with Gasteiger partial charge in [0.25, 0.3) is 5.91 Å². The van der Waals surface area contributed by atoms with Crippen molar-refractivity contribution in [3.8, 4) is 11.5 Å². The van der Waals surface area contributed by atoms with Crippen molar-refractivity contribution in [1.82, 2.24) is 10.0 Å². The minimum atomic E-state index is -3.78. The van der Waals surface area contributed by atoms with E-state index < -0.39 is 10.0 Å². The Balaban J connectivity index is 1.85. The maximum absolute atomic E-state index is 12.8. The molecule has 0 spiro atoms. The predicted molar refractivity (Wildman–Crippen MR) is 92.5 cm³/mol. The molecule has 1 amide bonds. The molecule has 0 aliphatic carbocycles. The number of hydrogen-bond acceptors (Lipinski definition) is 6. The van der Waals surface area contributed by atoms with Gasteiger partial charge < -0.3 is 20.1 Å². The van der Waals surface area contributed by atoms with Crippen molar-refractivity contribution in [1.29, 1.82) is 0 Å². The standard InChI is InChI=1S/C16H23N3O5S/c1-16(3-5-17-6-4-16)10-18-25(21,22)14-8-12-11(7-13(14)23-2)19-15(20)9-24-12/h7-8,17-18H,3-6,9-10H2,1-2H3,(H,19,20). The lowest BCUT2D eigenvalue weighted by Gasteiger charge is -2.34. The summed E-state index contributed by atoms with van der Waals surface area (Å²) in [4.78, 5) is 11.4. The average molecular weight is 369 g/mol. The Bertz CT molecular complexity index is 772. The minimum Gasteiger partial charge on any atom is -0.495 e. The summed E-state index contributed by atoms with van der Waals surface area (Å²) >= 11 is 0. The molecule has 1 aromatic rings. The third-order valence-electron chi connectivity index (χ3n) is 4.69. The molecule has 0 aromatic heterocycles. The molecule has 2 heterocycles. The first-order valence-corrected chi connectivity index (χ1v) is 9.66. The smallest absolute Gasteiger partial charge is 0.262 e. The minimum absolute atomic E-state index is 0.00225. The highest BCUT2D eigenvalue weighted by molar-refractivity contribution is 7.89. The molecule has 3 rings (SSSR count). The number of rotatable bonds is 5. The van der Waals surface area contributed by atoms with Crippen molar-refractivity contribution >= 4 is 21.6 Å². The first kappa shape index (κ1) is 18.0. The van der Waals surface area contributed by atoms with Crippen LogP contribution < -0.4 is 24.8 Å². The summed E-state index contributed by atoms with van der Waals surface area (Å²) in [5.74, 6) is 0.184. The molecule has 1 saturated heterocycles. The molecule has 25 heavy (non-hydrogen) atoms. The van der Waals surface area contributed by atoms with Gasteiger partial charge in [0.1, 0.15) is 16.4 Å². The molecule has 1 fully saturated rings. The summed E-state index contributed by atoms with van der Waals surface area (Å²) in [5.41, 5.74) is 0.321. The Morgan fingerprint density at radius 3 is 2.72 bits per heavy atom. The Hall–Kier alpha value is -1.84. The summed E-state index contributed by atoms with van der Waals surface area (Å²) < 4.78 is 38.8. The van der Waals surface area contributed by atoms with Crippen LogP contribution in [-0.4, -0.2) is 47.7 Å². The van der Waals surface area contributed by atoms with Gasteiger partial charge in [-0.25, -0.2) is 13.1 Å². The van der Waals surface area contributed by atoms with Crippen LogP contribution in [0.4, 0.5) is 5.69 Å². The van der Waals surface area contributed by atoms with Gasteiger partial charge >= 0.3 is 0 Å². The third kappa shape index (κ3) is 3.88. The normalized spacial score (nSPS) is 19.5. The van der Waals surface area contributed by atoms with Gasteiger partial charge in [-0.1, -0.05) is 6.92 Å². The summed E-state index contributed by atoms with van der Waals surface area (Å²) in [5, 5.41) is 5.91. The summed E-state index contributed by atoms with van der Waals surface area (Å²) in [7, 11) is -2.39. The fourth-order valence-corrected chi connectivity index (χ4v) is 4.37. The van der Waals surface area contributed by atoms with E-state index >= 15 is 0 Å². The number of carbonyl (C=O) groups is 1. The van der Waals surface area contributed by atoms with E-state index in [9.17, 15) is 13.2 Å². The lowest BCUT2D eigenvalue weighted by atomic mass is 9.81. The number of piperidine rings is 1. The number of sulfonamides is 1. The zero-order chi connectivity index (χ0) is 18.1. The van der Waals surface area contributed by atoms with Crippen LogP contribution in [0.15, 0.2) is 17.0 Å². The van der Waals surface area contributed by atoms with Crippen molar-refractivity contribution in [3.63, 3.8) is 0 Å². The number of amides is 1. The lowest BCUT2D eigenvalue weighted by molar-refractivity contribution is -0.118. The highest BCUT2D eigenvalue weighted by Gasteiger charge is 2.31. The quantitative estimate of drug-likeness (QED) is 0.705. The largest absolute Gasteiger partial charge is 0.495 e. The van der Waals surface area contributed by atoms with E-state index in [0.29, 0.717) is 18.0 Å². The first-order valence-electron chi connectivity index (χ1n) is 8.18. The SMILES string of the molecule is COc1cc2c(cc1S(=O)(=O)NCC1(C)CCNCC1)OCC(=O)N2. The van der Waals surface area contributed by atoms with E-state index in [1.807, 2.05) is 0 Å². The van der Waals surface area contributed by atoms with Gasteiger partial charge in [0, 0.05) is 18.7 Å². The number of hydrogen-bond donors (Lipinski definition) is 3. The molecule has 0 atom stereocenters. The number of fused-ring (bicyclic) bond motifs is 1. The first-order chi connectivity index (χ1) is 11.8. The predicted octanol–water partition coefficient (Wildman–Crippen LogP) is 0.694. The fourth-order valence-electron chi connectivity index (χ4n) is 3.01. The second-order valence-corrected chi connectivity index (χ2v) is 8.46. The van der Waals surface area contributed by atoms with Crippen molar-refractivity contribution in [2.45, 2.75) is 24.7 Å². The molecule has 0 saturated carbocycles. The van der Waals surface area contributed by atoms with Crippen molar-refractivity contribution < 1.29 is 22.7 Å². The van der Waals surface area contributed by atoms with Crippen LogP contribution in [0.3, 0.4) is 0 Å². The van der Waals surface area contributed by atoms with Crippen molar-refractivity contribution in [3.05, 3.63) is 12.1 Å². The van der Waals surface area contributed by atoms with Crippen molar-refractivity contribution in [2.75, 3.05) is 38.7 Å². The molecular weight excluding hydrogens is 346 g/mol. The Morgan fingerprint density at radius 2 is 2.04 bits per heavy atom. The topological polar surface area (TPSA) is 106 Å². The van der Waals surface area contributed by atoms with Gasteiger partial charge in [-0.15, -0.1) is 0 Å². The monoisotopic (exact) mass is 369 g/mol. The Morgan fingerprint density at radius 1 is 1.32 bits per heavy atom. The number of ether oxygens (including phenoxy) is 2. The van der Waals surface area contributed by atoms with Crippen LogP contribution in [0, 0.1) is 5.41 Å². The second-order valence-electron chi connectivity index (χ2n) is 6.72. The average Bonchev–Trinajstić information content (AvgIpc) is 2.59. The van der Waals surface area contributed by atoms with Gasteiger partial charge in [-0.2, -0.15) is 0 Å². The molecule has 8 nitrogen and oxygen atoms in total. The molecule has 1 aromatic carbocycles. The highest BCUT2D eigenvalue weighted by Crippen LogP contribution is 2.37. The van der Waals surface area contributed by atoms with Gasteiger partial charge in [0.15, 0.2) is 6.61 Å². The third-order valence-corrected chi connectivity index (χ3v) is 6.11. The highest BCUT2D eigenvalue weighted by atomic mass is 32.2. The number of carbonyl (C=O) groups excluding carboxylic acids is 1. The Kier molecular flexibility index (Phi) is 4.90. The van der Waals surface area contributed by atoms with Gasteiger partial charge in [-0.05, 0) is 31.3 Å². The summed E-state index contributed by atoms with van der Waals surface area (Å²) in [6.07, 6.45) is 1.82. The van der Waals surface area contributed by atoms with Gasteiger partial charge in [0.2, 0.25) is 10.0 Å². The molecule has 2 aliphatic heterocycles. The van der Waals surface area contributed by atoms with Crippen LogP contribution in [-0.2, 0) is 14.8 Å². The maximum Gasteiger partial charge on any atom is 0.262 e. The number of methoxy groups -OCH3 is 1. The molecule has 0 unspecified atom stereocenters. The van der Waals surface area contributed by atoms with Gasteiger partial charge in [0.05, 0.1) is 12.8 Å². The fraction of sp³-hybridized carbons (Fsp3) is 0.562. The summed E-state index contributed by atoms with van der Waals surface area (Å²) in [6.45, 7) is 4.06. The molecule has 0 bridgehead atoms. The molecule has 2 aliphatic rings. The zero-order valence-corrected chi connectivity index (χ0v) is 15.2. The molecule has 3 N–H and O–H groups in total. The van der Waals surface area contributed by atoms with E-state index in [1.165, 1.54) is 19.2 Å². The van der Waals surface area contributed by atoms with Gasteiger partial charge in [-0.3, -0.25) is 4.79 Å². The van der Waals surface area contributed by atoms with E-state index in [1.54, 1.807) is 0 Å². The molecule has 138 valence electrons. The zero-order valence-electron chi connectivity index (χ0n) is 14.3. The molecular formula is C16H23N3O5S. The van der Waals surface area contributed by atoms with E-state index in [-0.39, 0.29) is 28.6 Å². The molecule has 9 heteroatoms. The van der Waals surface area contributed by atoms with Crippen molar-refractivity contribution in [2.24, 2.45) is 5.41 Å². The number of nitrogens with one attached hydrogen (secondary N) is 3. The summed E-state index contributed by atoms with van der Waals surface area (Å²) in [6, 6.07) is 2.86. The van der Waals surface area contributed by atoms with E-state index in [2.05, 4.69) is 22.3 Å². The second kappa shape index (κ2) is 6.81. The maximum atomic E-state index is 12.8. The van der Waals surface area contributed by atoms with Crippen LogP contribution in [0.2, 0.25) is 0 Å². The number of benzene rings is 1. The van der Waals surface area contributed by atoms with Crippen LogP contribution in [0.5, 0.6) is 11.5 Å². The Labute approximate surface area is 147 Å². The lowest BCUT2D eigenvalue weighted by Crippen LogP contribution is -2.42. The van der Waals surface area contributed by atoms with E-state index in [0.717, 1.165) is 25.9 Å². The van der Waals surface area contributed by atoms with E-state index in [4.69, 9.17) is 9.47 Å².